The lowest BCUT2D eigenvalue weighted by molar-refractivity contribution is 0.103. The summed E-state index contributed by atoms with van der Waals surface area (Å²) in [6.45, 7) is 3.37. The fourth-order valence-corrected chi connectivity index (χ4v) is 3.96. The van der Waals surface area contributed by atoms with E-state index in [0.717, 1.165) is 28.5 Å². The molecule has 0 bridgehead atoms. The maximum Gasteiger partial charge on any atom is 0.262 e. The molecule has 0 saturated heterocycles. The Labute approximate surface area is 199 Å². The van der Waals surface area contributed by atoms with Crippen molar-refractivity contribution in [2.45, 2.75) is 19.9 Å². The molecule has 4 aromatic rings. The van der Waals surface area contributed by atoms with Gasteiger partial charge in [0.25, 0.3) is 5.56 Å². The first-order valence-corrected chi connectivity index (χ1v) is 10.7. The van der Waals surface area contributed by atoms with Crippen molar-refractivity contribution in [3.63, 3.8) is 0 Å². The first-order valence-electron chi connectivity index (χ1n) is 10.3. The standard InChI is InChI=1S/C25H20ClF2N3O3/c1-14-11-30(13-29-14)22-7-4-16(8-23(22)34-3)24(32)20-9-17(26)12-31(25(20)33)15(2)19-10-18(27)5-6-21(19)28/h4-13,15H,1-3H3. The minimum absolute atomic E-state index is 0.0376. The topological polar surface area (TPSA) is 66.1 Å². The summed E-state index contributed by atoms with van der Waals surface area (Å²) in [6.07, 6.45) is 4.72. The molecule has 9 heteroatoms. The number of benzene rings is 2. The molecule has 1 atom stereocenters. The monoisotopic (exact) mass is 483 g/mol. The van der Waals surface area contributed by atoms with Crippen molar-refractivity contribution in [3.8, 4) is 11.4 Å². The Morgan fingerprint density at radius 3 is 2.56 bits per heavy atom. The number of ether oxygens (including phenoxy) is 1. The normalized spacial score (nSPS) is 11.9. The van der Waals surface area contributed by atoms with Gasteiger partial charge in [-0.1, -0.05) is 11.6 Å². The van der Waals surface area contributed by atoms with Gasteiger partial charge in [0, 0.05) is 23.5 Å². The molecule has 4 rings (SSSR count). The van der Waals surface area contributed by atoms with Crippen molar-refractivity contribution < 1.29 is 18.3 Å². The number of hydrogen-bond donors (Lipinski definition) is 0. The van der Waals surface area contributed by atoms with Crippen LogP contribution in [0.5, 0.6) is 5.75 Å². The van der Waals surface area contributed by atoms with E-state index in [0.29, 0.717) is 11.4 Å². The molecule has 2 aromatic heterocycles. The van der Waals surface area contributed by atoms with E-state index < -0.39 is 29.0 Å². The summed E-state index contributed by atoms with van der Waals surface area (Å²) in [5.74, 6) is -1.50. The summed E-state index contributed by atoms with van der Waals surface area (Å²) < 4.78 is 36.3. The van der Waals surface area contributed by atoms with Crippen LogP contribution in [-0.4, -0.2) is 27.0 Å². The van der Waals surface area contributed by atoms with E-state index >= 15 is 0 Å². The highest BCUT2D eigenvalue weighted by Gasteiger charge is 2.22. The summed E-state index contributed by atoms with van der Waals surface area (Å²) in [4.78, 5) is 30.7. The van der Waals surface area contributed by atoms with E-state index in [-0.39, 0.29) is 21.7 Å². The van der Waals surface area contributed by atoms with E-state index in [1.165, 1.54) is 32.4 Å². The van der Waals surface area contributed by atoms with Gasteiger partial charge in [0.1, 0.15) is 17.4 Å². The Kier molecular flexibility index (Phi) is 6.34. The Bertz CT molecular complexity index is 1460. The maximum absolute atomic E-state index is 14.3. The quantitative estimate of drug-likeness (QED) is 0.357. The number of imidazole rings is 1. The second-order valence-corrected chi connectivity index (χ2v) is 8.20. The maximum atomic E-state index is 14.3. The molecule has 2 heterocycles. The number of pyridine rings is 1. The summed E-state index contributed by atoms with van der Waals surface area (Å²) in [7, 11) is 1.47. The van der Waals surface area contributed by atoms with Crippen LogP contribution in [0.15, 0.2) is 66.0 Å². The number of rotatable bonds is 6. The number of hydrogen-bond acceptors (Lipinski definition) is 4. The SMILES string of the molecule is COc1cc(C(=O)c2cc(Cl)cn(C(C)c3cc(F)ccc3F)c2=O)ccc1-n1cnc(C)c1. The van der Waals surface area contributed by atoms with Crippen molar-refractivity contribution in [2.24, 2.45) is 0 Å². The molecule has 174 valence electrons. The number of halogens is 3. The third kappa shape index (κ3) is 4.36. The van der Waals surface area contributed by atoms with Crippen LogP contribution < -0.4 is 10.3 Å². The zero-order chi connectivity index (χ0) is 24.6. The molecule has 0 spiro atoms. The van der Waals surface area contributed by atoms with Crippen LogP contribution in [0.1, 0.15) is 40.1 Å². The number of carbonyl (C=O) groups excluding carboxylic acids is 1. The largest absolute Gasteiger partial charge is 0.495 e. The van der Waals surface area contributed by atoms with Gasteiger partial charge >= 0.3 is 0 Å². The number of nitrogens with zero attached hydrogens (tertiary/aromatic N) is 3. The lowest BCUT2D eigenvalue weighted by atomic mass is 10.0. The lowest BCUT2D eigenvalue weighted by Gasteiger charge is -2.18. The molecular weight excluding hydrogens is 464 g/mol. The lowest BCUT2D eigenvalue weighted by Crippen LogP contribution is -2.29. The van der Waals surface area contributed by atoms with Crippen molar-refractivity contribution in [1.82, 2.24) is 14.1 Å². The van der Waals surface area contributed by atoms with Crippen LogP contribution in [0.2, 0.25) is 5.02 Å². The third-order valence-electron chi connectivity index (χ3n) is 5.51. The fourth-order valence-electron chi connectivity index (χ4n) is 3.74. The summed E-state index contributed by atoms with van der Waals surface area (Å²) in [6, 6.07) is 8.11. The Hall–Kier alpha value is -3.78. The molecule has 0 saturated carbocycles. The predicted molar refractivity (Wildman–Crippen MR) is 124 cm³/mol. The van der Waals surface area contributed by atoms with Crippen molar-refractivity contribution in [1.29, 1.82) is 0 Å². The summed E-state index contributed by atoms with van der Waals surface area (Å²) in [5, 5.41) is 0.101. The fraction of sp³-hybridized carbons (Fsp3) is 0.160. The average Bonchev–Trinajstić information content (AvgIpc) is 3.26. The third-order valence-corrected chi connectivity index (χ3v) is 5.72. The van der Waals surface area contributed by atoms with E-state index in [4.69, 9.17) is 16.3 Å². The van der Waals surface area contributed by atoms with Gasteiger partial charge in [-0.25, -0.2) is 13.8 Å². The van der Waals surface area contributed by atoms with Crippen LogP contribution in [0, 0.1) is 18.6 Å². The van der Waals surface area contributed by atoms with Crippen molar-refractivity contribution in [2.75, 3.05) is 7.11 Å². The second-order valence-electron chi connectivity index (χ2n) is 7.76. The molecule has 6 nitrogen and oxygen atoms in total. The van der Waals surface area contributed by atoms with Crippen LogP contribution >= 0.6 is 11.6 Å². The van der Waals surface area contributed by atoms with Gasteiger partial charge in [0.15, 0.2) is 5.78 Å². The average molecular weight is 484 g/mol. The molecule has 0 amide bonds. The summed E-state index contributed by atoms with van der Waals surface area (Å²) >= 11 is 6.21. The van der Waals surface area contributed by atoms with Gasteiger partial charge in [0.05, 0.1) is 41.4 Å². The van der Waals surface area contributed by atoms with E-state index in [1.807, 2.05) is 13.1 Å². The number of methoxy groups -OCH3 is 1. The molecule has 0 aliphatic carbocycles. The zero-order valence-electron chi connectivity index (χ0n) is 18.6. The van der Waals surface area contributed by atoms with Crippen LogP contribution in [0.3, 0.4) is 0 Å². The molecule has 0 radical (unpaired) electrons. The van der Waals surface area contributed by atoms with Crippen LogP contribution in [0.25, 0.3) is 5.69 Å². The molecule has 1 unspecified atom stereocenters. The van der Waals surface area contributed by atoms with Gasteiger partial charge in [0.2, 0.25) is 0 Å². The van der Waals surface area contributed by atoms with Gasteiger partial charge in [-0.3, -0.25) is 9.59 Å². The molecule has 0 fully saturated rings. The molecule has 34 heavy (non-hydrogen) atoms. The number of aryl methyl sites for hydroxylation is 1. The smallest absolute Gasteiger partial charge is 0.262 e. The highest BCUT2D eigenvalue weighted by molar-refractivity contribution is 6.31. The van der Waals surface area contributed by atoms with E-state index in [2.05, 4.69) is 4.98 Å². The Balaban J connectivity index is 1.77. The highest BCUT2D eigenvalue weighted by atomic mass is 35.5. The number of carbonyl (C=O) groups is 1. The Morgan fingerprint density at radius 1 is 1.12 bits per heavy atom. The molecule has 0 aliphatic rings. The molecule has 2 aromatic carbocycles. The van der Waals surface area contributed by atoms with E-state index in [9.17, 15) is 18.4 Å². The predicted octanol–water partition coefficient (Wildman–Crippen LogP) is 5.12. The molecule has 0 N–H and O–H groups in total. The van der Waals surface area contributed by atoms with Crippen molar-refractivity contribution in [3.05, 3.63) is 111 Å². The first kappa shape index (κ1) is 23.4. The number of ketones is 1. The summed E-state index contributed by atoms with van der Waals surface area (Å²) in [5.41, 5.74) is 0.754. The van der Waals surface area contributed by atoms with Gasteiger partial charge in [-0.05, 0) is 56.3 Å². The van der Waals surface area contributed by atoms with Crippen molar-refractivity contribution >= 4 is 17.4 Å². The first-order chi connectivity index (χ1) is 16.2. The van der Waals surface area contributed by atoms with Gasteiger partial charge < -0.3 is 13.9 Å². The Morgan fingerprint density at radius 2 is 1.88 bits per heavy atom. The second kappa shape index (κ2) is 9.23. The minimum atomic E-state index is -0.908. The van der Waals surface area contributed by atoms with Gasteiger partial charge in [-0.2, -0.15) is 0 Å². The van der Waals surface area contributed by atoms with E-state index in [1.54, 1.807) is 23.0 Å². The van der Waals surface area contributed by atoms with Gasteiger partial charge in [-0.15, -0.1) is 0 Å². The van der Waals surface area contributed by atoms with Crippen LogP contribution in [-0.2, 0) is 0 Å². The highest BCUT2D eigenvalue weighted by Crippen LogP contribution is 2.27. The molecular formula is C25H20ClF2N3O3. The number of aromatic nitrogens is 3. The minimum Gasteiger partial charge on any atom is -0.495 e. The van der Waals surface area contributed by atoms with Crippen LogP contribution in [0.4, 0.5) is 8.78 Å². The molecule has 0 aliphatic heterocycles. The zero-order valence-corrected chi connectivity index (χ0v) is 19.3.